The second-order valence-electron chi connectivity index (χ2n) is 10.2. The summed E-state index contributed by atoms with van der Waals surface area (Å²) < 4.78 is 0. The van der Waals surface area contributed by atoms with Crippen molar-refractivity contribution < 1.29 is 24.6 Å². The maximum Gasteiger partial charge on any atom is 0.326 e. The molecule has 0 aliphatic carbocycles. The van der Waals surface area contributed by atoms with Crippen LogP contribution >= 0.6 is 23.2 Å². The van der Waals surface area contributed by atoms with Gasteiger partial charge >= 0.3 is 11.9 Å². The standard InChI is InChI=1S/C19H23N7O6.C9H7Cl2N5/c20-19-25-15-14(17(30)26-19)23-11(8-22-15)7-21-10-3-1-9(2-4-10)16(29)24-12(18(31)32)5-6-13(27)28;10-5-3-1-2-4(6(5)11)7-8(12)14-9(13)16-15-7/h1-4,11-12,21,23H,5-8H2,(H,24,29)(H,27,28)(H,31,32)(H4,20,22,25,26,30);1-3H,(H4,12,13,14,16)/t11-,12-;/m0./s1. The number of nitrogens with two attached hydrogens (primary N) is 3. The normalized spacial score (nSPS) is 13.8. The van der Waals surface area contributed by atoms with Crippen LogP contribution in [-0.2, 0) is 9.59 Å². The van der Waals surface area contributed by atoms with Gasteiger partial charge in [-0.1, -0.05) is 35.3 Å². The molecule has 5 rings (SSSR count). The zero-order valence-corrected chi connectivity index (χ0v) is 26.3. The molecule has 18 nitrogen and oxygen atoms in total. The average molecular weight is 702 g/mol. The molecule has 0 saturated heterocycles. The third-order valence-corrected chi connectivity index (χ3v) is 7.51. The SMILES string of the molecule is Nc1nc2c(c(=O)[nH]1)N[C@@H](CNc1ccc(C(=O)N[C@@H](CCC(=O)O)C(=O)O)cc1)CN2.Nc1nnc(-c2cccc(Cl)c2Cl)c(N)n1. The largest absolute Gasteiger partial charge is 0.481 e. The molecule has 2 aromatic carbocycles. The summed E-state index contributed by atoms with van der Waals surface area (Å²) in [5.74, 6) is -2.46. The van der Waals surface area contributed by atoms with Crippen molar-refractivity contribution in [3.8, 4) is 11.3 Å². The van der Waals surface area contributed by atoms with Crippen molar-refractivity contribution >= 4 is 76.0 Å². The van der Waals surface area contributed by atoms with Crippen molar-refractivity contribution in [3.63, 3.8) is 0 Å². The molecule has 2 aromatic heterocycles. The number of fused-ring (bicyclic) bond motifs is 1. The number of carbonyl (C=O) groups excluding carboxylic acids is 1. The molecule has 0 spiro atoms. The molecule has 1 amide bonds. The molecule has 20 heteroatoms. The number of anilines is 6. The summed E-state index contributed by atoms with van der Waals surface area (Å²) in [6.07, 6.45) is -0.587. The molecule has 1 aliphatic rings. The van der Waals surface area contributed by atoms with Crippen LogP contribution in [-0.4, -0.2) is 78.4 Å². The van der Waals surface area contributed by atoms with Crippen LogP contribution in [0, 0.1) is 0 Å². The number of H-pyrrole nitrogens is 1. The molecule has 48 heavy (non-hydrogen) atoms. The Morgan fingerprint density at radius 1 is 1.02 bits per heavy atom. The highest BCUT2D eigenvalue weighted by Crippen LogP contribution is 2.34. The molecule has 0 bridgehead atoms. The van der Waals surface area contributed by atoms with E-state index in [0.29, 0.717) is 51.6 Å². The number of nitrogens with one attached hydrogen (secondary N) is 5. The molecular weight excluding hydrogens is 671 g/mol. The number of carbonyl (C=O) groups is 3. The fraction of sp³-hybridized carbons (Fsp3) is 0.214. The summed E-state index contributed by atoms with van der Waals surface area (Å²) in [7, 11) is 0. The summed E-state index contributed by atoms with van der Waals surface area (Å²) >= 11 is 11.9. The molecular formula is C28H30Cl2N12O6. The molecule has 3 heterocycles. The second-order valence-corrected chi connectivity index (χ2v) is 10.9. The summed E-state index contributed by atoms with van der Waals surface area (Å²) in [6.45, 7) is 0.960. The van der Waals surface area contributed by atoms with Gasteiger partial charge in [-0.2, -0.15) is 9.97 Å². The number of aliphatic carboxylic acids is 2. The number of carboxylic acid groups (broad SMARTS) is 2. The third kappa shape index (κ3) is 9.10. The number of benzene rings is 2. The van der Waals surface area contributed by atoms with Gasteiger partial charge in [0.1, 0.15) is 17.4 Å². The molecule has 2 atom stereocenters. The highest BCUT2D eigenvalue weighted by atomic mass is 35.5. The van der Waals surface area contributed by atoms with Gasteiger partial charge in [-0.05, 0) is 36.8 Å². The van der Waals surface area contributed by atoms with Crippen molar-refractivity contribution in [1.29, 1.82) is 0 Å². The zero-order chi connectivity index (χ0) is 35.0. The summed E-state index contributed by atoms with van der Waals surface area (Å²) in [5, 5.41) is 37.7. The van der Waals surface area contributed by atoms with Crippen LogP contribution in [0.2, 0.25) is 10.0 Å². The van der Waals surface area contributed by atoms with Crippen LogP contribution in [0.5, 0.6) is 0 Å². The van der Waals surface area contributed by atoms with Crippen molar-refractivity contribution in [2.75, 3.05) is 46.2 Å². The fourth-order valence-corrected chi connectivity index (χ4v) is 4.72. The van der Waals surface area contributed by atoms with Gasteiger partial charge < -0.3 is 48.7 Å². The van der Waals surface area contributed by atoms with Crippen molar-refractivity contribution in [2.24, 2.45) is 0 Å². The van der Waals surface area contributed by atoms with E-state index in [9.17, 15) is 19.2 Å². The average Bonchev–Trinajstić information content (AvgIpc) is 3.04. The number of amides is 1. The number of hydrogen-bond donors (Lipinski definition) is 10. The van der Waals surface area contributed by atoms with Crippen molar-refractivity contribution in [2.45, 2.75) is 24.9 Å². The monoisotopic (exact) mass is 700 g/mol. The molecule has 13 N–H and O–H groups in total. The predicted octanol–water partition coefficient (Wildman–Crippen LogP) is 1.73. The van der Waals surface area contributed by atoms with Gasteiger partial charge in [0.25, 0.3) is 11.5 Å². The van der Waals surface area contributed by atoms with Gasteiger partial charge in [0.05, 0.1) is 16.1 Å². The molecule has 0 saturated carbocycles. The van der Waals surface area contributed by atoms with Gasteiger partial charge in [-0.15, -0.1) is 10.2 Å². The molecule has 4 aromatic rings. The van der Waals surface area contributed by atoms with E-state index in [1.807, 2.05) is 0 Å². The second kappa shape index (κ2) is 15.6. The first kappa shape index (κ1) is 35.0. The smallest absolute Gasteiger partial charge is 0.326 e. The van der Waals surface area contributed by atoms with E-state index in [-0.39, 0.29) is 47.7 Å². The number of halogens is 2. The minimum Gasteiger partial charge on any atom is -0.481 e. The van der Waals surface area contributed by atoms with E-state index in [4.69, 9.17) is 50.6 Å². The highest BCUT2D eigenvalue weighted by molar-refractivity contribution is 6.43. The maximum atomic E-state index is 12.3. The first-order valence-electron chi connectivity index (χ1n) is 14.0. The van der Waals surface area contributed by atoms with Crippen molar-refractivity contribution in [3.05, 3.63) is 68.4 Å². The van der Waals surface area contributed by atoms with Crippen LogP contribution in [0.1, 0.15) is 23.2 Å². The number of nitrogens with zero attached hydrogens (tertiary/aromatic N) is 4. The first-order chi connectivity index (χ1) is 22.8. The topological polar surface area (TPSA) is 302 Å². The number of carboxylic acids is 2. The van der Waals surface area contributed by atoms with E-state index in [1.165, 1.54) is 12.1 Å². The molecule has 0 fully saturated rings. The Morgan fingerprint density at radius 2 is 1.75 bits per heavy atom. The predicted molar refractivity (Wildman–Crippen MR) is 180 cm³/mol. The van der Waals surface area contributed by atoms with Crippen LogP contribution in [0.15, 0.2) is 47.3 Å². The van der Waals surface area contributed by atoms with Gasteiger partial charge in [0.15, 0.2) is 11.6 Å². The van der Waals surface area contributed by atoms with E-state index in [0.717, 1.165) is 0 Å². The van der Waals surface area contributed by atoms with Crippen LogP contribution in [0.4, 0.5) is 34.9 Å². The fourth-order valence-electron chi connectivity index (χ4n) is 4.33. The molecule has 0 radical (unpaired) electrons. The number of aromatic amines is 1. The van der Waals surface area contributed by atoms with E-state index >= 15 is 0 Å². The number of nitrogen functional groups attached to an aromatic ring is 3. The summed E-state index contributed by atoms with van der Waals surface area (Å²) in [5.41, 5.74) is 18.4. The van der Waals surface area contributed by atoms with Gasteiger partial charge in [-0.3, -0.25) is 19.4 Å². The first-order valence-corrected chi connectivity index (χ1v) is 14.8. The Kier molecular flexibility index (Phi) is 11.4. The Balaban J connectivity index is 0.000000271. The number of aromatic nitrogens is 5. The summed E-state index contributed by atoms with van der Waals surface area (Å²) in [6, 6.07) is 10.1. The Morgan fingerprint density at radius 3 is 2.42 bits per heavy atom. The van der Waals surface area contributed by atoms with E-state index < -0.39 is 23.9 Å². The zero-order valence-electron chi connectivity index (χ0n) is 24.8. The lowest BCUT2D eigenvalue weighted by molar-refractivity contribution is -0.140. The minimum atomic E-state index is -1.30. The molecule has 1 aliphatic heterocycles. The van der Waals surface area contributed by atoms with E-state index in [1.54, 1.807) is 30.3 Å². The number of rotatable bonds is 10. The van der Waals surface area contributed by atoms with Gasteiger partial charge in [0, 0.05) is 36.3 Å². The quantitative estimate of drug-likeness (QED) is 0.113. The Labute approximate surface area is 281 Å². The van der Waals surface area contributed by atoms with Crippen LogP contribution in [0.25, 0.3) is 11.3 Å². The minimum absolute atomic E-state index is 0.0133. The Hall–Kier alpha value is -5.88. The van der Waals surface area contributed by atoms with Crippen molar-refractivity contribution in [1.82, 2.24) is 30.5 Å². The Bertz CT molecular complexity index is 1880. The lowest BCUT2D eigenvalue weighted by atomic mass is 10.1. The van der Waals surface area contributed by atoms with Crippen LogP contribution in [0.3, 0.4) is 0 Å². The maximum absolute atomic E-state index is 12.3. The summed E-state index contributed by atoms with van der Waals surface area (Å²) in [4.78, 5) is 56.4. The molecule has 252 valence electrons. The van der Waals surface area contributed by atoms with Gasteiger partial charge in [0.2, 0.25) is 11.9 Å². The van der Waals surface area contributed by atoms with Gasteiger partial charge in [-0.25, -0.2) is 4.79 Å². The van der Waals surface area contributed by atoms with Crippen LogP contribution < -0.4 is 44.0 Å². The molecule has 0 unspecified atom stereocenters. The lowest BCUT2D eigenvalue weighted by Crippen LogP contribution is -2.41. The highest BCUT2D eigenvalue weighted by Gasteiger charge is 2.23. The number of hydrogen-bond acceptors (Lipinski definition) is 14. The van der Waals surface area contributed by atoms with E-state index in [2.05, 4.69) is 46.4 Å². The third-order valence-electron chi connectivity index (χ3n) is 6.69. The lowest BCUT2D eigenvalue weighted by Gasteiger charge is -2.27.